The first kappa shape index (κ1) is 18.7. The second-order valence-corrected chi connectivity index (χ2v) is 9.20. The Morgan fingerprint density at radius 1 is 1.15 bits per heavy atom. The fraction of sp³-hybridized carbons (Fsp3) is 0.421. The number of rotatable bonds is 4. The van der Waals surface area contributed by atoms with Crippen molar-refractivity contribution < 1.29 is 17.6 Å². The van der Waals surface area contributed by atoms with Crippen molar-refractivity contribution in [2.24, 2.45) is 0 Å². The van der Waals surface area contributed by atoms with Gasteiger partial charge in [0, 0.05) is 5.54 Å². The number of hydrogen-bond acceptors (Lipinski definition) is 4. The number of benzene rings is 1. The number of aryl methyl sites for hydroxylation is 1. The second-order valence-electron chi connectivity index (χ2n) is 7.59. The number of nitrogens with one attached hydrogen (secondary N) is 2. The molecule has 0 radical (unpaired) electrons. The highest BCUT2D eigenvalue weighted by molar-refractivity contribution is 7.89. The summed E-state index contributed by atoms with van der Waals surface area (Å²) in [6.45, 7) is 5.21. The van der Waals surface area contributed by atoms with Crippen molar-refractivity contribution in [2.75, 3.05) is 0 Å². The standard InChI is InChI=1S/C19H24N2O4S/c1-19(2,3)21-26(23,24)17-12-11-16(25-17)18(22)20-15-10-6-8-13-7-4-5-9-14(13)15/h4-5,7,9,11-12,15,21H,6,8,10H2,1-3H3,(H,20,22). The molecule has 7 heteroatoms. The minimum Gasteiger partial charge on any atom is -0.438 e. The summed E-state index contributed by atoms with van der Waals surface area (Å²) in [5.74, 6) is -0.425. The van der Waals surface area contributed by atoms with Crippen LogP contribution < -0.4 is 10.0 Å². The highest BCUT2D eigenvalue weighted by Crippen LogP contribution is 2.29. The van der Waals surface area contributed by atoms with Gasteiger partial charge in [0.1, 0.15) is 0 Å². The van der Waals surface area contributed by atoms with Crippen molar-refractivity contribution in [1.82, 2.24) is 10.0 Å². The Morgan fingerprint density at radius 3 is 2.62 bits per heavy atom. The van der Waals surface area contributed by atoms with Gasteiger partial charge < -0.3 is 9.73 Å². The maximum absolute atomic E-state index is 12.5. The number of hydrogen-bond donors (Lipinski definition) is 2. The number of amides is 1. The lowest BCUT2D eigenvalue weighted by molar-refractivity contribution is 0.0899. The van der Waals surface area contributed by atoms with E-state index in [0.29, 0.717) is 0 Å². The average Bonchev–Trinajstić information content (AvgIpc) is 3.04. The zero-order chi connectivity index (χ0) is 18.9. The molecule has 6 nitrogen and oxygen atoms in total. The van der Waals surface area contributed by atoms with E-state index in [1.165, 1.54) is 17.7 Å². The van der Waals surface area contributed by atoms with Crippen molar-refractivity contribution >= 4 is 15.9 Å². The van der Waals surface area contributed by atoms with Gasteiger partial charge in [-0.05, 0) is 63.3 Å². The Kier molecular flexibility index (Phi) is 4.94. The van der Waals surface area contributed by atoms with E-state index in [4.69, 9.17) is 4.42 Å². The lowest BCUT2D eigenvalue weighted by Gasteiger charge is -2.26. The molecule has 0 bridgehead atoms. The summed E-state index contributed by atoms with van der Waals surface area (Å²) in [6, 6.07) is 10.6. The molecule has 1 aromatic carbocycles. The maximum atomic E-state index is 12.5. The molecule has 0 fully saturated rings. The molecule has 1 unspecified atom stereocenters. The predicted octanol–water partition coefficient (Wildman–Crippen LogP) is 3.16. The molecular weight excluding hydrogens is 352 g/mol. The molecule has 1 heterocycles. The Bertz CT molecular complexity index is 910. The van der Waals surface area contributed by atoms with Crippen LogP contribution >= 0.6 is 0 Å². The SMILES string of the molecule is CC(C)(C)NS(=O)(=O)c1ccc(C(=O)NC2CCCc3ccccc32)o1. The Morgan fingerprint density at radius 2 is 1.88 bits per heavy atom. The summed E-state index contributed by atoms with van der Waals surface area (Å²) in [4.78, 5) is 12.5. The van der Waals surface area contributed by atoms with Gasteiger partial charge in [0.25, 0.3) is 15.9 Å². The quantitative estimate of drug-likeness (QED) is 0.858. The Hall–Kier alpha value is -2.12. The lowest BCUT2D eigenvalue weighted by Crippen LogP contribution is -2.40. The van der Waals surface area contributed by atoms with Gasteiger partial charge in [-0.2, -0.15) is 0 Å². The van der Waals surface area contributed by atoms with E-state index >= 15 is 0 Å². The lowest BCUT2D eigenvalue weighted by atomic mass is 9.88. The molecule has 0 aliphatic heterocycles. The van der Waals surface area contributed by atoms with Gasteiger partial charge >= 0.3 is 0 Å². The Labute approximate surface area is 154 Å². The van der Waals surface area contributed by atoms with E-state index < -0.39 is 21.5 Å². The van der Waals surface area contributed by atoms with Crippen LogP contribution in [0.15, 0.2) is 45.9 Å². The number of fused-ring (bicyclic) bond motifs is 1. The van der Waals surface area contributed by atoms with E-state index in [9.17, 15) is 13.2 Å². The number of carbonyl (C=O) groups excluding carboxylic acids is 1. The molecule has 1 amide bonds. The molecule has 0 saturated carbocycles. The number of furan rings is 1. The van der Waals surface area contributed by atoms with Crippen molar-refractivity contribution in [3.05, 3.63) is 53.3 Å². The summed E-state index contributed by atoms with van der Waals surface area (Å²) >= 11 is 0. The van der Waals surface area contributed by atoms with Crippen molar-refractivity contribution in [2.45, 2.75) is 56.7 Å². The van der Waals surface area contributed by atoms with E-state index in [2.05, 4.69) is 16.1 Å². The summed E-state index contributed by atoms with van der Waals surface area (Å²) < 4.78 is 32.4. The van der Waals surface area contributed by atoms with Crippen LogP contribution in [0, 0.1) is 0 Å². The highest BCUT2D eigenvalue weighted by atomic mass is 32.2. The van der Waals surface area contributed by atoms with E-state index in [1.807, 2.05) is 18.2 Å². The largest absolute Gasteiger partial charge is 0.438 e. The average molecular weight is 376 g/mol. The fourth-order valence-electron chi connectivity index (χ4n) is 3.17. The van der Waals surface area contributed by atoms with Crippen LogP contribution in [0.5, 0.6) is 0 Å². The van der Waals surface area contributed by atoms with Crippen molar-refractivity contribution in [3.8, 4) is 0 Å². The van der Waals surface area contributed by atoms with Crippen LogP contribution in [0.2, 0.25) is 0 Å². The number of sulfonamides is 1. The molecule has 3 rings (SSSR count). The molecule has 2 aromatic rings. The minimum atomic E-state index is -3.81. The van der Waals surface area contributed by atoms with Crippen LogP contribution in [0.3, 0.4) is 0 Å². The third-order valence-corrected chi connectivity index (χ3v) is 5.82. The van der Waals surface area contributed by atoms with Gasteiger partial charge in [0.05, 0.1) is 6.04 Å². The molecule has 1 aliphatic carbocycles. The number of carbonyl (C=O) groups is 1. The van der Waals surface area contributed by atoms with E-state index in [0.717, 1.165) is 24.8 Å². The van der Waals surface area contributed by atoms with Crippen molar-refractivity contribution in [3.63, 3.8) is 0 Å². The topological polar surface area (TPSA) is 88.4 Å². The third-order valence-electron chi connectivity index (χ3n) is 4.19. The summed E-state index contributed by atoms with van der Waals surface area (Å²) in [6.07, 6.45) is 2.85. The summed E-state index contributed by atoms with van der Waals surface area (Å²) in [7, 11) is -3.81. The van der Waals surface area contributed by atoms with Crippen LogP contribution in [0.4, 0.5) is 0 Å². The van der Waals surface area contributed by atoms with Gasteiger partial charge in [-0.3, -0.25) is 4.79 Å². The predicted molar refractivity (Wildman–Crippen MR) is 98.4 cm³/mol. The second kappa shape index (κ2) is 6.89. The zero-order valence-electron chi connectivity index (χ0n) is 15.2. The smallest absolute Gasteiger partial charge is 0.287 e. The van der Waals surface area contributed by atoms with Gasteiger partial charge in [0.15, 0.2) is 5.76 Å². The summed E-state index contributed by atoms with van der Waals surface area (Å²) in [5.41, 5.74) is 1.71. The first-order valence-electron chi connectivity index (χ1n) is 8.68. The molecule has 2 N–H and O–H groups in total. The first-order chi connectivity index (χ1) is 12.2. The molecule has 0 saturated heterocycles. The summed E-state index contributed by atoms with van der Waals surface area (Å²) in [5, 5.41) is 2.69. The first-order valence-corrected chi connectivity index (χ1v) is 10.2. The van der Waals surface area contributed by atoms with Gasteiger partial charge in [-0.25, -0.2) is 13.1 Å². The molecule has 0 spiro atoms. The van der Waals surface area contributed by atoms with E-state index in [1.54, 1.807) is 20.8 Å². The molecule has 26 heavy (non-hydrogen) atoms. The normalized spacial score (nSPS) is 17.6. The highest BCUT2D eigenvalue weighted by Gasteiger charge is 2.27. The molecular formula is C19H24N2O4S. The third kappa shape index (κ3) is 4.16. The molecule has 140 valence electrons. The van der Waals surface area contributed by atoms with Crippen LogP contribution in [0.1, 0.15) is 61.3 Å². The van der Waals surface area contributed by atoms with Crippen LogP contribution in [-0.4, -0.2) is 19.9 Å². The zero-order valence-corrected chi connectivity index (χ0v) is 16.0. The monoisotopic (exact) mass is 376 g/mol. The van der Waals surface area contributed by atoms with E-state index in [-0.39, 0.29) is 16.9 Å². The van der Waals surface area contributed by atoms with Crippen LogP contribution in [-0.2, 0) is 16.4 Å². The fourth-order valence-corrected chi connectivity index (χ4v) is 4.53. The van der Waals surface area contributed by atoms with Gasteiger partial charge in [-0.1, -0.05) is 24.3 Å². The van der Waals surface area contributed by atoms with Crippen molar-refractivity contribution in [1.29, 1.82) is 0 Å². The molecule has 1 aromatic heterocycles. The molecule has 1 aliphatic rings. The molecule has 1 atom stereocenters. The minimum absolute atomic E-state index is 0.0117. The Balaban J connectivity index is 1.76. The van der Waals surface area contributed by atoms with Crippen LogP contribution in [0.25, 0.3) is 0 Å². The van der Waals surface area contributed by atoms with Gasteiger partial charge in [0.2, 0.25) is 5.09 Å². The van der Waals surface area contributed by atoms with Gasteiger partial charge in [-0.15, -0.1) is 0 Å². The maximum Gasteiger partial charge on any atom is 0.287 e.